The molecule has 2 heterocycles. The van der Waals surface area contributed by atoms with Crippen molar-refractivity contribution >= 4 is 20.4 Å². The topological polar surface area (TPSA) is 30.7 Å². The number of pyridine rings is 1. The second-order valence-corrected chi connectivity index (χ2v) is 9.07. The van der Waals surface area contributed by atoms with Crippen LogP contribution in [0.15, 0.2) is 30.5 Å². The zero-order valence-electron chi connectivity index (χ0n) is 14.5. The van der Waals surface area contributed by atoms with Gasteiger partial charge in [0.15, 0.2) is 0 Å². The van der Waals surface area contributed by atoms with Crippen molar-refractivity contribution in [3.05, 3.63) is 47.5 Å². The molecule has 0 radical (unpaired) electrons. The molecule has 6 heteroatoms. The van der Waals surface area contributed by atoms with Crippen LogP contribution >= 0.6 is 20.4 Å². The SMILES string of the molecule is CC(C)(C)c1cc(C(C)(C)C)n(Cc2ccccn2)n1.[Cl][Ni][Cl]. The van der Waals surface area contributed by atoms with Crippen LogP contribution in [0.2, 0.25) is 0 Å². The van der Waals surface area contributed by atoms with Crippen molar-refractivity contribution in [2.45, 2.75) is 58.9 Å². The summed E-state index contributed by atoms with van der Waals surface area (Å²) in [6.07, 6.45) is 1.83. The summed E-state index contributed by atoms with van der Waals surface area (Å²) in [5, 5.41) is 4.82. The van der Waals surface area contributed by atoms with Crippen molar-refractivity contribution in [3.63, 3.8) is 0 Å². The zero-order valence-corrected chi connectivity index (χ0v) is 17.0. The molecule has 0 aliphatic heterocycles. The van der Waals surface area contributed by atoms with Gasteiger partial charge < -0.3 is 0 Å². The summed E-state index contributed by atoms with van der Waals surface area (Å²) in [5.41, 5.74) is 3.58. The molecule has 132 valence electrons. The summed E-state index contributed by atoms with van der Waals surface area (Å²) in [6.45, 7) is 14.0. The molecule has 0 saturated heterocycles. The van der Waals surface area contributed by atoms with Crippen molar-refractivity contribution in [1.82, 2.24) is 14.8 Å². The molecule has 0 bridgehead atoms. The van der Waals surface area contributed by atoms with E-state index >= 15 is 0 Å². The van der Waals surface area contributed by atoms with Gasteiger partial charge in [0.2, 0.25) is 0 Å². The van der Waals surface area contributed by atoms with Gasteiger partial charge in [-0.2, -0.15) is 5.10 Å². The fourth-order valence-electron chi connectivity index (χ4n) is 2.15. The summed E-state index contributed by atoms with van der Waals surface area (Å²) in [4.78, 5) is 4.41. The van der Waals surface area contributed by atoms with Gasteiger partial charge in [-0.1, -0.05) is 47.6 Å². The second-order valence-electron chi connectivity index (χ2n) is 7.44. The predicted octanol–water partition coefficient (Wildman–Crippen LogP) is 5.30. The number of hydrogen-bond donors (Lipinski definition) is 0. The van der Waals surface area contributed by atoms with Gasteiger partial charge in [-0.15, -0.1) is 0 Å². The van der Waals surface area contributed by atoms with Gasteiger partial charge in [0.1, 0.15) is 0 Å². The Balaban J connectivity index is 0.000000816. The summed E-state index contributed by atoms with van der Waals surface area (Å²) in [5.74, 6) is 0. The van der Waals surface area contributed by atoms with Crippen LogP contribution in [0.25, 0.3) is 0 Å². The Labute approximate surface area is 154 Å². The molecule has 0 aliphatic rings. The summed E-state index contributed by atoms with van der Waals surface area (Å²) >= 11 is 0.569. The van der Waals surface area contributed by atoms with E-state index in [0.29, 0.717) is 12.7 Å². The van der Waals surface area contributed by atoms with Crippen LogP contribution in [0, 0.1) is 0 Å². The van der Waals surface area contributed by atoms with Crippen molar-refractivity contribution in [2.24, 2.45) is 0 Å². The van der Waals surface area contributed by atoms with Crippen LogP contribution < -0.4 is 0 Å². The first-order chi connectivity index (χ1) is 10.6. The Morgan fingerprint density at radius 1 is 1.04 bits per heavy atom. The van der Waals surface area contributed by atoms with Crippen LogP contribution in [0.5, 0.6) is 0 Å². The Morgan fingerprint density at radius 2 is 1.65 bits per heavy atom. The average molecular weight is 401 g/mol. The molecular formula is C17H25Cl2N3Ni. The number of aromatic nitrogens is 3. The first-order valence-corrected chi connectivity index (χ1v) is 10.1. The van der Waals surface area contributed by atoms with E-state index in [-0.39, 0.29) is 10.8 Å². The van der Waals surface area contributed by atoms with Gasteiger partial charge in [-0.3, -0.25) is 9.67 Å². The van der Waals surface area contributed by atoms with Gasteiger partial charge >= 0.3 is 33.0 Å². The molecule has 0 amide bonds. The van der Waals surface area contributed by atoms with Crippen molar-refractivity contribution in [2.75, 3.05) is 0 Å². The van der Waals surface area contributed by atoms with Crippen LogP contribution in [-0.4, -0.2) is 14.8 Å². The zero-order chi connectivity index (χ0) is 17.7. The molecule has 0 fully saturated rings. The molecule has 2 aromatic rings. The molecule has 0 spiro atoms. The molecule has 0 saturated carbocycles. The van der Waals surface area contributed by atoms with E-state index in [1.54, 1.807) is 0 Å². The van der Waals surface area contributed by atoms with Crippen LogP contribution in [-0.2, 0) is 30.0 Å². The molecule has 3 nitrogen and oxygen atoms in total. The van der Waals surface area contributed by atoms with Gasteiger partial charge in [0.25, 0.3) is 0 Å². The Bertz CT molecular complexity index is 599. The van der Waals surface area contributed by atoms with Crippen LogP contribution in [0.1, 0.15) is 58.6 Å². The Hall–Kier alpha value is -0.566. The van der Waals surface area contributed by atoms with Crippen molar-refractivity contribution in [1.29, 1.82) is 0 Å². The Kier molecular flexibility index (Phi) is 7.57. The molecule has 0 unspecified atom stereocenters. The predicted molar refractivity (Wildman–Crippen MR) is 94.7 cm³/mol. The molecule has 2 rings (SSSR count). The fraction of sp³-hybridized carbons (Fsp3) is 0.529. The van der Waals surface area contributed by atoms with Crippen molar-refractivity contribution < 1.29 is 12.7 Å². The van der Waals surface area contributed by atoms with E-state index in [0.717, 1.165) is 17.9 Å². The Morgan fingerprint density at radius 3 is 2.09 bits per heavy atom. The third kappa shape index (κ3) is 6.45. The fourth-order valence-corrected chi connectivity index (χ4v) is 2.15. The third-order valence-electron chi connectivity index (χ3n) is 3.35. The molecule has 2 aromatic heterocycles. The molecular weight excluding hydrogens is 376 g/mol. The number of halogens is 2. The molecule has 0 aliphatic carbocycles. The standard InChI is InChI=1S/C17H25N3.2ClH.Ni/c1-16(2,3)14-11-15(17(4,5)6)20(19-14)12-13-9-7-8-10-18-13;;;/h7-11H,12H2,1-6H3;2*1H;/q;;;+2/p-2. The molecule has 0 atom stereocenters. The number of hydrogen-bond acceptors (Lipinski definition) is 2. The van der Waals surface area contributed by atoms with E-state index < -0.39 is 0 Å². The number of rotatable bonds is 2. The molecule has 23 heavy (non-hydrogen) atoms. The van der Waals surface area contributed by atoms with Gasteiger partial charge in [-0.25, -0.2) is 0 Å². The monoisotopic (exact) mass is 399 g/mol. The van der Waals surface area contributed by atoms with E-state index in [2.05, 4.69) is 57.3 Å². The maximum atomic E-state index is 4.82. The minimum absolute atomic E-state index is 0.0648. The quantitative estimate of drug-likeness (QED) is 0.640. The van der Waals surface area contributed by atoms with E-state index in [1.807, 2.05) is 24.4 Å². The normalized spacial score (nSPS) is 12.0. The summed E-state index contributed by atoms with van der Waals surface area (Å²) in [7, 11) is 9.40. The minimum atomic E-state index is 0.0648. The summed E-state index contributed by atoms with van der Waals surface area (Å²) in [6, 6.07) is 8.25. The summed E-state index contributed by atoms with van der Waals surface area (Å²) < 4.78 is 2.10. The molecule has 0 N–H and O–H groups in total. The van der Waals surface area contributed by atoms with Crippen molar-refractivity contribution in [3.8, 4) is 0 Å². The second kappa shape index (κ2) is 8.51. The first-order valence-electron chi connectivity index (χ1n) is 7.40. The van der Waals surface area contributed by atoms with Crippen LogP contribution in [0.3, 0.4) is 0 Å². The van der Waals surface area contributed by atoms with E-state index in [1.165, 1.54) is 5.69 Å². The van der Waals surface area contributed by atoms with Crippen LogP contribution in [0.4, 0.5) is 0 Å². The third-order valence-corrected chi connectivity index (χ3v) is 3.35. The van der Waals surface area contributed by atoms with Gasteiger partial charge in [0, 0.05) is 22.7 Å². The first kappa shape index (κ1) is 20.5. The maximum absolute atomic E-state index is 4.82. The van der Waals surface area contributed by atoms with E-state index in [4.69, 9.17) is 25.5 Å². The molecule has 0 aromatic carbocycles. The van der Waals surface area contributed by atoms with Gasteiger partial charge in [0.05, 0.1) is 17.9 Å². The number of nitrogens with zero attached hydrogens (tertiary/aromatic N) is 3. The van der Waals surface area contributed by atoms with E-state index in [9.17, 15) is 0 Å². The average Bonchev–Trinajstić information content (AvgIpc) is 2.85. The van der Waals surface area contributed by atoms with Gasteiger partial charge in [-0.05, 0) is 18.2 Å².